The second kappa shape index (κ2) is 7.51. The van der Waals surface area contributed by atoms with Gasteiger partial charge in [-0.15, -0.1) is 12.4 Å². The van der Waals surface area contributed by atoms with Crippen LogP contribution < -0.4 is 5.73 Å². The molecule has 19 heavy (non-hydrogen) atoms. The predicted octanol–water partition coefficient (Wildman–Crippen LogP) is 2.58. The SMILES string of the molecule is C[C@H](N)C(=O)N(Cc1ccccc1)CC1CCC1.Cl. The van der Waals surface area contributed by atoms with Gasteiger partial charge in [0, 0.05) is 13.1 Å². The number of nitrogens with zero attached hydrogens (tertiary/aromatic N) is 1. The van der Waals surface area contributed by atoms with E-state index in [2.05, 4.69) is 12.1 Å². The lowest BCUT2D eigenvalue weighted by Gasteiger charge is -2.33. The van der Waals surface area contributed by atoms with Crippen molar-refractivity contribution in [3.05, 3.63) is 35.9 Å². The van der Waals surface area contributed by atoms with Crippen LogP contribution in [0.3, 0.4) is 0 Å². The monoisotopic (exact) mass is 282 g/mol. The largest absolute Gasteiger partial charge is 0.337 e. The van der Waals surface area contributed by atoms with Crippen molar-refractivity contribution < 1.29 is 4.79 Å². The van der Waals surface area contributed by atoms with Crippen LogP contribution in [0.4, 0.5) is 0 Å². The summed E-state index contributed by atoms with van der Waals surface area (Å²) in [4.78, 5) is 14.0. The fourth-order valence-corrected chi connectivity index (χ4v) is 2.31. The number of hydrogen-bond acceptors (Lipinski definition) is 2. The highest BCUT2D eigenvalue weighted by atomic mass is 35.5. The lowest BCUT2D eigenvalue weighted by Crippen LogP contribution is -2.44. The first kappa shape index (κ1) is 16.0. The summed E-state index contributed by atoms with van der Waals surface area (Å²) in [5, 5.41) is 0. The number of nitrogens with two attached hydrogens (primary N) is 1. The van der Waals surface area contributed by atoms with Gasteiger partial charge in [-0.2, -0.15) is 0 Å². The molecule has 1 aromatic rings. The van der Waals surface area contributed by atoms with Crippen LogP contribution in [0.15, 0.2) is 30.3 Å². The minimum Gasteiger partial charge on any atom is -0.337 e. The summed E-state index contributed by atoms with van der Waals surface area (Å²) in [6, 6.07) is 9.71. The first-order valence-electron chi connectivity index (χ1n) is 6.75. The highest BCUT2D eigenvalue weighted by Gasteiger charge is 2.25. The van der Waals surface area contributed by atoms with Crippen LogP contribution in [-0.4, -0.2) is 23.4 Å². The van der Waals surface area contributed by atoms with Crippen molar-refractivity contribution in [3.8, 4) is 0 Å². The second-order valence-electron chi connectivity index (χ2n) is 5.29. The Morgan fingerprint density at radius 2 is 2.00 bits per heavy atom. The van der Waals surface area contributed by atoms with Gasteiger partial charge in [0.25, 0.3) is 0 Å². The zero-order chi connectivity index (χ0) is 13.0. The minimum atomic E-state index is -0.409. The highest BCUT2D eigenvalue weighted by molar-refractivity contribution is 5.85. The van der Waals surface area contributed by atoms with Crippen LogP contribution in [0, 0.1) is 5.92 Å². The van der Waals surface area contributed by atoms with Crippen molar-refractivity contribution in [2.45, 2.75) is 38.8 Å². The van der Waals surface area contributed by atoms with Gasteiger partial charge in [-0.1, -0.05) is 36.8 Å². The summed E-state index contributed by atoms with van der Waals surface area (Å²) in [6.07, 6.45) is 3.80. The molecule has 1 amide bonds. The molecular weight excluding hydrogens is 260 g/mol. The first-order valence-corrected chi connectivity index (χ1v) is 6.75. The Hall–Kier alpha value is -1.06. The Kier molecular flexibility index (Phi) is 6.32. The van der Waals surface area contributed by atoms with Gasteiger partial charge in [0.2, 0.25) is 5.91 Å². The number of carbonyl (C=O) groups is 1. The normalized spacial score (nSPS) is 16.1. The molecular formula is C15H23ClN2O. The molecule has 1 atom stereocenters. The van der Waals surface area contributed by atoms with Crippen molar-refractivity contribution in [1.29, 1.82) is 0 Å². The van der Waals surface area contributed by atoms with Crippen LogP contribution in [-0.2, 0) is 11.3 Å². The Labute approximate surface area is 121 Å². The van der Waals surface area contributed by atoms with Crippen LogP contribution in [0.25, 0.3) is 0 Å². The molecule has 2 rings (SSSR count). The zero-order valence-corrected chi connectivity index (χ0v) is 12.2. The third kappa shape index (κ3) is 4.51. The fraction of sp³-hybridized carbons (Fsp3) is 0.533. The summed E-state index contributed by atoms with van der Waals surface area (Å²) in [5.41, 5.74) is 6.91. The van der Waals surface area contributed by atoms with Gasteiger partial charge in [-0.25, -0.2) is 0 Å². The summed E-state index contributed by atoms with van der Waals surface area (Å²) in [7, 11) is 0. The molecule has 3 nitrogen and oxygen atoms in total. The molecule has 0 saturated heterocycles. The van der Waals surface area contributed by atoms with E-state index in [1.54, 1.807) is 6.92 Å². The van der Waals surface area contributed by atoms with Crippen molar-refractivity contribution in [2.75, 3.05) is 6.54 Å². The van der Waals surface area contributed by atoms with E-state index in [1.165, 1.54) is 24.8 Å². The van der Waals surface area contributed by atoms with Gasteiger partial charge in [-0.3, -0.25) is 4.79 Å². The standard InChI is InChI=1S/C15H22N2O.ClH/c1-12(16)15(18)17(11-14-8-5-9-14)10-13-6-3-2-4-7-13;/h2-4,6-7,12,14H,5,8-11,16H2,1H3;1H/t12-;/m0./s1. The number of benzene rings is 1. The van der Waals surface area contributed by atoms with Crippen molar-refractivity contribution in [1.82, 2.24) is 4.90 Å². The molecule has 1 aliphatic rings. The maximum absolute atomic E-state index is 12.1. The molecule has 4 heteroatoms. The van der Waals surface area contributed by atoms with Crippen LogP contribution >= 0.6 is 12.4 Å². The molecule has 1 fully saturated rings. The van der Waals surface area contributed by atoms with Crippen LogP contribution in [0.5, 0.6) is 0 Å². The van der Waals surface area contributed by atoms with Crippen LogP contribution in [0.1, 0.15) is 31.7 Å². The van der Waals surface area contributed by atoms with E-state index in [4.69, 9.17) is 5.73 Å². The van der Waals surface area contributed by atoms with E-state index >= 15 is 0 Å². The van der Waals surface area contributed by atoms with Gasteiger partial charge < -0.3 is 10.6 Å². The molecule has 1 saturated carbocycles. The first-order chi connectivity index (χ1) is 8.66. The van der Waals surface area contributed by atoms with Gasteiger partial charge in [-0.05, 0) is 31.2 Å². The maximum atomic E-state index is 12.1. The number of hydrogen-bond donors (Lipinski definition) is 1. The van der Waals surface area contributed by atoms with E-state index in [1.807, 2.05) is 23.1 Å². The van der Waals surface area contributed by atoms with Crippen molar-refractivity contribution >= 4 is 18.3 Å². The van der Waals surface area contributed by atoms with Crippen molar-refractivity contribution in [3.63, 3.8) is 0 Å². The molecule has 2 N–H and O–H groups in total. The molecule has 0 spiro atoms. The predicted molar refractivity (Wildman–Crippen MR) is 80.1 cm³/mol. The number of halogens is 1. The molecule has 0 bridgehead atoms. The van der Waals surface area contributed by atoms with Gasteiger partial charge in [0.1, 0.15) is 0 Å². The van der Waals surface area contributed by atoms with Gasteiger partial charge in [0.05, 0.1) is 6.04 Å². The molecule has 0 unspecified atom stereocenters. The third-order valence-corrected chi connectivity index (χ3v) is 3.62. The molecule has 0 radical (unpaired) electrons. The smallest absolute Gasteiger partial charge is 0.239 e. The average molecular weight is 283 g/mol. The van der Waals surface area contributed by atoms with E-state index in [0.717, 1.165) is 6.54 Å². The van der Waals surface area contributed by atoms with Crippen molar-refractivity contribution in [2.24, 2.45) is 11.7 Å². The minimum absolute atomic E-state index is 0. The zero-order valence-electron chi connectivity index (χ0n) is 11.4. The Balaban J connectivity index is 0.00000180. The molecule has 0 aromatic heterocycles. The summed E-state index contributed by atoms with van der Waals surface area (Å²) in [5.74, 6) is 0.738. The summed E-state index contributed by atoms with van der Waals surface area (Å²) in [6.45, 7) is 3.30. The number of rotatable bonds is 5. The molecule has 1 aliphatic carbocycles. The lowest BCUT2D eigenvalue weighted by atomic mass is 9.85. The third-order valence-electron chi connectivity index (χ3n) is 3.62. The number of carbonyl (C=O) groups excluding carboxylic acids is 1. The topological polar surface area (TPSA) is 46.3 Å². The second-order valence-corrected chi connectivity index (χ2v) is 5.29. The molecule has 0 aliphatic heterocycles. The molecule has 106 valence electrons. The summed E-state index contributed by atoms with van der Waals surface area (Å²) < 4.78 is 0. The molecule has 0 heterocycles. The van der Waals surface area contributed by atoms with Gasteiger partial charge in [0.15, 0.2) is 0 Å². The average Bonchev–Trinajstić information content (AvgIpc) is 2.32. The lowest BCUT2D eigenvalue weighted by molar-refractivity contribution is -0.133. The fourth-order valence-electron chi connectivity index (χ4n) is 2.31. The molecule has 1 aromatic carbocycles. The van der Waals surface area contributed by atoms with Crippen LogP contribution in [0.2, 0.25) is 0 Å². The van der Waals surface area contributed by atoms with E-state index in [9.17, 15) is 4.79 Å². The van der Waals surface area contributed by atoms with E-state index < -0.39 is 6.04 Å². The van der Waals surface area contributed by atoms with E-state index in [0.29, 0.717) is 12.5 Å². The summed E-state index contributed by atoms with van der Waals surface area (Å²) >= 11 is 0. The van der Waals surface area contributed by atoms with Gasteiger partial charge >= 0.3 is 0 Å². The quantitative estimate of drug-likeness (QED) is 0.902. The number of amides is 1. The highest BCUT2D eigenvalue weighted by Crippen LogP contribution is 2.27. The maximum Gasteiger partial charge on any atom is 0.239 e. The van der Waals surface area contributed by atoms with E-state index in [-0.39, 0.29) is 18.3 Å². The Morgan fingerprint density at radius 1 is 1.37 bits per heavy atom. The Bertz CT molecular complexity index is 390. The Morgan fingerprint density at radius 3 is 2.47 bits per heavy atom.